The first-order valence-electron chi connectivity index (χ1n) is 6.26. The van der Waals surface area contributed by atoms with Crippen LogP contribution < -0.4 is 5.32 Å². The third-order valence-electron chi connectivity index (χ3n) is 2.88. The first-order chi connectivity index (χ1) is 9.24. The summed E-state index contributed by atoms with van der Waals surface area (Å²) in [5.41, 5.74) is -0.358. The molecule has 0 spiro atoms. The first kappa shape index (κ1) is 16.3. The molecule has 6 heteroatoms. The number of anilines is 1. The Morgan fingerprint density at radius 1 is 1.35 bits per heavy atom. The second-order valence-electron chi connectivity index (χ2n) is 5.01. The average molecular weight is 285 g/mol. The minimum atomic E-state index is -4.43. The fraction of sp³-hybridized carbons (Fsp3) is 0.500. The van der Waals surface area contributed by atoms with E-state index in [1.54, 1.807) is 6.07 Å². The zero-order chi connectivity index (χ0) is 15.3. The lowest BCUT2D eigenvalue weighted by Gasteiger charge is -2.19. The molecule has 1 aromatic rings. The lowest BCUT2D eigenvalue weighted by molar-refractivity contribution is -0.137. The fourth-order valence-electron chi connectivity index (χ4n) is 1.73. The Kier molecular flexibility index (Phi) is 5.40. The quantitative estimate of drug-likeness (QED) is 0.902. The van der Waals surface area contributed by atoms with E-state index in [-0.39, 0.29) is 11.6 Å². The molecular formula is C14H18F3N3. The lowest BCUT2D eigenvalue weighted by atomic mass is 10.1. The van der Waals surface area contributed by atoms with Gasteiger partial charge in [-0.05, 0) is 52.2 Å². The minimum Gasteiger partial charge on any atom is -0.381 e. The highest BCUT2D eigenvalue weighted by atomic mass is 19.4. The molecule has 0 aliphatic carbocycles. The lowest BCUT2D eigenvalue weighted by Crippen LogP contribution is -2.23. The van der Waals surface area contributed by atoms with Crippen molar-refractivity contribution in [3.05, 3.63) is 29.3 Å². The third kappa shape index (κ3) is 4.74. The van der Waals surface area contributed by atoms with Crippen LogP contribution in [0.15, 0.2) is 18.2 Å². The van der Waals surface area contributed by atoms with E-state index in [0.29, 0.717) is 5.69 Å². The monoisotopic (exact) mass is 285 g/mol. The van der Waals surface area contributed by atoms with Crippen LogP contribution >= 0.6 is 0 Å². The number of halogens is 3. The van der Waals surface area contributed by atoms with Crippen molar-refractivity contribution >= 4 is 5.69 Å². The molecule has 0 saturated carbocycles. The predicted molar refractivity (Wildman–Crippen MR) is 72.4 cm³/mol. The number of hydrogen-bond acceptors (Lipinski definition) is 3. The number of benzene rings is 1. The van der Waals surface area contributed by atoms with Crippen LogP contribution in [-0.4, -0.2) is 31.6 Å². The number of alkyl halides is 3. The molecule has 0 aliphatic rings. The molecule has 0 fully saturated rings. The molecule has 1 aromatic carbocycles. The van der Waals surface area contributed by atoms with E-state index < -0.39 is 11.7 Å². The van der Waals surface area contributed by atoms with Crippen LogP contribution in [0.5, 0.6) is 0 Å². The Morgan fingerprint density at radius 2 is 2.00 bits per heavy atom. The molecule has 0 aromatic heterocycles. The van der Waals surface area contributed by atoms with Crippen LogP contribution in [0.3, 0.4) is 0 Å². The van der Waals surface area contributed by atoms with E-state index in [4.69, 9.17) is 5.26 Å². The van der Waals surface area contributed by atoms with Crippen LogP contribution in [0.4, 0.5) is 18.9 Å². The second kappa shape index (κ2) is 6.62. The standard InChI is InChI=1S/C14H18F3N3/c1-10(6-7-20(2)3)19-13-5-4-12(14(15,16)17)8-11(13)9-18/h4-5,8,10,19H,6-7H2,1-3H3. The Labute approximate surface area is 117 Å². The van der Waals surface area contributed by atoms with Crippen LogP contribution in [0, 0.1) is 11.3 Å². The van der Waals surface area contributed by atoms with Crippen molar-refractivity contribution in [1.82, 2.24) is 4.90 Å². The van der Waals surface area contributed by atoms with E-state index in [1.807, 2.05) is 25.9 Å². The van der Waals surface area contributed by atoms with E-state index in [9.17, 15) is 13.2 Å². The van der Waals surface area contributed by atoms with Crippen LogP contribution in [-0.2, 0) is 6.18 Å². The smallest absolute Gasteiger partial charge is 0.381 e. The van der Waals surface area contributed by atoms with Gasteiger partial charge in [0.2, 0.25) is 0 Å². The summed E-state index contributed by atoms with van der Waals surface area (Å²) < 4.78 is 37.7. The maximum atomic E-state index is 12.6. The Hall–Kier alpha value is -1.74. The SMILES string of the molecule is CC(CCN(C)C)Nc1ccc(C(F)(F)F)cc1C#N. The second-order valence-corrected chi connectivity index (χ2v) is 5.01. The summed E-state index contributed by atoms with van der Waals surface area (Å²) in [7, 11) is 3.90. The molecule has 0 aliphatic heterocycles. The average Bonchev–Trinajstić information content (AvgIpc) is 2.35. The number of nitriles is 1. The van der Waals surface area contributed by atoms with E-state index in [0.717, 1.165) is 25.1 Å². The van der Waals surface area contributed by atoms with Crippen molar-refractivity contribution in [2.45, 2.75) is 25.6 Å². The fourth-order valence-corrected chi connectivity index (χ4v) is 1.73. The summed E-state index contributed by atoms with van der Waals surface area (Å²) in [6.07, 6.45) is -3.60. The van der Waals surface area contributed by atoms with Gasteiger partial charge in [-0.15, -0.1) is 0 Å². The van der Waals surface area contributed by atoms with Crippen molar-refractivity contribution in [3.63, 3.8) is 0 Å². The molecular weight excluding hydrogens is 267 g/mol. The molecule has 3 nitrogen and oxygen atoms in total. The highest BCUT2D eigenvalue weighted by molar-refractivity contribution is 5.59. The molecule has 0 radical (unpaired) electrons. The van der Waals surface area contributed by atoms with Crippen LogP contribution in [0.1, 0.15) is 24.5 Å². The van der Waals surface area contributed by atoms with Gasteiger partial charge in [0.15, 0.2) is 0 Å². The summed E-state index contributed by atoms with van der Waals surface area (Å²) in [4.78, 5) is 2.02. The number of nitrogens with one attached hydrogen (secondary N) is 1. The number of rotatable bonds is 5. The summed E-state index contributed by atoms with van der Waals surface area (Å²) in [6.45, 7) is 2.79. The van der Waals surface area contributed by atoms with Crippen molar-refractivity contribution in [2.24, 2.45) is 0 Å². The van der Waals surface area contributed by atoms with Crippen molar-refractivity contribution in [2.75, 3.05) is 26.0 Å². The van der Waals surface area contributed by atoms with E-state index in [1.165, 1.54) is 6.07 Å². The van der Waals surface area contributed by atoms with E-state index in [2.05, 4.69) is 5.32 Å². The van der Waals surface area contributed by atoms with Gasteiger partial charge in [0.25, 0.3) is 0 Å². The maximum absolute atomic E-state index is 12.6. The molecule has 1 atom stereocenters. The van der Waals surface area contributed by atoms with Gasteiger partial charge < -0.3 is 10.2 Å². The van der Waals surface area contributed by atoms with Crippen molar-refractivity contribution in [3.8, 4) is 6.07 Å². The summed E-state index contributed by atoms with van der Waals surface area (Å²) in [5.74, 6) is 0. The molecule has 1 unspecified atom stereocenters. The van der Waals surface area contributed by atoms with Crippen LogP contribution in [0.25, 0.3) is 0 Å². The van der Waals surface area contributed by atoms with Gasteiger partial charge in [0.1, 0.15) is 6.07 Å². The Balaban J connectivity index is 2.84. The predicted octanol–water partition coefficient (Wildman–Crippen LogP) is 3.33. The van der Waals surface area contributed by atoms with Crippen molar-refractivity contribution < 1.29 is 13.2 Å². The maximum Gasteiger partial charge on any atom is 0.416 e. The van der Waals surface area contributed by atoms with Gasteiger partial charge in [-0.3, -0.25) is 0 Å². The van der Waals surface area contributed by atoms with Gasteiger partial charge in [0, 0.05) is 6.04 Å². The summed E-state index contributed by atoms with van der Waals surface area (Å²) >= 11 is 0. The number of nitrogens with zero attached hydrogens (tertiary/aromatic N) is 2. The largest absolute Gasteiger partial charge is 0.416 e. The van der Waals surface area contributed by atoms with E-state index >= 15 is 0 Å². The summed E-state index contributed by atoms with van der Waals surface area (Å²) in [6, 6.07) is 5.05. The zero-order valence-corrected chi connectivity index (χ0v) is 11.8. The molecule has 110 valence electrons. The summed E-state index contributed by atoms with van der Waals surface area (Å²) in [5, 5.41) is 12.1. The van der Waals surface area contributed by atoms with Crippen LogP contribution in [0.2, 0.25) is 0 Å². The number of hydrogen-bond donors (Lipinski definition) is 1. The topological polar surface area (TPSA) is 39.1 Å². The molecule has 0 bridgehead atoms. The van der Waals surface area contributed by atoms with Gasteiger partial charge in [-0.25, -0.2) is 0 Å². The van der Waals surface area contributed by atoms with Gasteiger partial charge in [0.05, 0.1) is 16.8 Å². The first-order valence-corrected chi connectivity index (χ1v) is 6.26. The molecule has 1 rings (SSSR count). The third-order valence-corrected chi connectivity index (χ3v) is 2.88. The Bertz CT molecular complexity index is 489. The zero-order valence-electron chi connectivity index (χ0n) is 11.8. The molecule has 1 N–H and O–H groups in total. The van der Waals surface area contributed by atoms with Gasteiger partial charge in [-0.2, -0.15) is 18.4 Å². The molecule has 0 saturated heterocycles. The van der Waals surface area contributed by atoms with Crippen molar-refractivity contribution in [1.29, 1.82) is 5.26 Å². The Morgan fingerprint density at radius 3 is 2.50 bits per heavy atom. The molecule has 0 heterocycles. The highest BCUT2D eigenvalue weighted by Crippen LogP contribution is 2.31. The molecule has 0 amide bonds. The van der Waals surface area contributed by atoms with Gasteiger partial charge in [-0.1, -0.05) is 0 Å². The normalized spacial score (nSPS) is 13.1. The van der Waals surface area contributed by atoms with Gasteiger partial charge >= 0.3 is 6.18 Å². The highest BCUT2D eigenvalue weighted by Gasteiger charge is 2.31. The minimum absolute atomic E-state index is 0.0107. The molecule has 20 heavy (non-hydrogen) atoms.